The van der Waals surface area contributed by atoms with Crippen LogP contribution in [0.1, 0.15) is 32.8 Å². The zero-order valence-corrected chi connectivity index (χ0v) is 15.2. The number of halogens is 1. The molecule has 4 nitrogen and oxygen atoms in total. The van der Waals surface area contributed by atoms with Crippen molar-refractivity contribution in [2.75, 3.05) is 27.4 Å². The van der Waals surface area contributed by atoms with E-state index in [1.807, 2.05) is 6.07 Å². The van der Waals surface area contributed by atoms with Gasteiger partial charge in [0, 0.05) is 20.2 Å². The van der Waals surface area contributed by atoms with Crippen LogP contribution in [0, 0.1) is 0 Å². The van der Waals surface area contributed by atoms with Crippen LogP contribution < -0.4 is 14.8 Å². The molecule has 0 atom stereocenters. The Kier molecular flexibility index (Phi) is 7.49. The van der Waals surface area contributed by atoms with Gasteiger partial charge in [-0.15, -0.1) is 0 Å². The summed E-state index contributed by atoms with van der Waals surface area (Å²) < 4.78 is 17.5. The minimum atomic E-state index is -0.175. The zero-order chi connectivity index (χ0) is 15.9. The van der Waals surface area contributed by atoms with Gasteiger partial charge in [-0.2, -0.15) is 0 Å². The Morgan fingerprint density at radius 2 is 1.95 bits per heavy atom. The van der Waals surface area contributed by atoms with Crippen molar-refractivity contribution in [1.82, 2.24) is 5.32 Å². The maximum atomic E-state index is 5.73. The highest BCUT2D eigenvalue weighted by Crippen LogP contribution is 2.36. The monoisotopic (exact) mass is 359 g/mol. The van der Waals surface area contributed by atoms with Gasteiger partial charge in [0.15, 0.2) is 11.5 Å². The third-order valence-corrected chi connectivity index (χ3v) is 3.76. The van der Waals surface area contributed by atoms with E-state index < -0.39 is 0 Å². The highest BCUT2D eigenvalue weighted by atomic mass is 79.9. The summed E-state index contributed by atoms with van der Waals surface area (Å²) in [6, 6.07) is 4.06. The number of methoxy groups -OCH3 is 2. The number of nitrogens with one attached hydrogen (secondary N) is 1. The maximum Gasteiger partial charge on any atom is 0.175 e. The van der Waals surface area contributed by atoms with Gasteiger partial charge in [-0.3, -0.25) is 0 Å². The Balaban J connectivity index is 2.74. The number of ether oxygens (including phenoxy) is 3. The first-order valence-corrected chi connectivity index (χ1v) is 7.98. The molecule has 0 amide bonds. The van der Waals surface area contributed by atoms with Gasteiger partial charge in [-0.1, -0.05) is 6.92 Å². The van der Waals surface area contributed by atoms with Crippen molar-refractivity contribution in [2.45, 2.75) is 39.3 Å². The molecule has 0 aliphatic rings. The number of benzene rings is 1. The summed E-state index contributed by atoms with van der Waals surface area (Å²) in [5.41, 5.74) is 0.959. The zero-order valence-electron chi connectivity index (χ0n) is 13.6. The first kappa shape index (κ1) is 18.3. The molecule has 0 unspecified atom stereocenters. The van der Waals surface area contributed by atoms with Crippen LogP contribution in [-0.4, -0.2) is 33.0 Å². The van der Waals surface area contributed by atoms with Gasteiger partial charge >= 0.3 is 0 Å². The van der Waals surface area contributed by atoms with Gasteiger partial charge in [-0.05, 0) is 53.9 Å². The molecule has 0 aromatic heterocycles. The molecule has 1 rings (SSSR count). The van der Waals surface area contributed by atoms with E-state index in [1.165, 1.54) is 0 Å². The second-order valence-electron chi connectivity index (χ2n) is 5.52. The van der Waals surface area contributed by atoms with Crippen LogP contribution in [0.3, 0.4) is 0 Å². The minimum absolute atomic E-state index is 0.175. The average Bonchev–Trinajstić information content (AvgIpc) is 2.45. The van der Waals surface area contributed by atoms with Crippen molar-refractivity contribution in [3.63, 3.8) is 0 Å². The maximum absolute atomic E-state index is 5.73. The fraction of sp³-hybridized carbons (Fsp3) is 0.625. The SMILES string of the molecule is CCCOc1c(Br)cc(CNCC(C)(C)OC)cc1OC. The lowest BCUT2D eigenvalue weighted by molar-refractivity contribution is 0.0230. The van der Waals surface area contributed by atoms with E-state index in [0.29, 0.717) is 6.61 Å². The topological polar surface area (TPSA) is 39.7 Å². The summed E-state index contributed by atoms with van der Waals surface area (Å²) in [5.74, 6) is 1.51. The van der Waals surface area contributed by atoms with Crippen molar-refractivity contribution in [3.8, 4) is 11.5 Å². The molecule has 0 saturated heterocycles. The smallest absolute Gasteiger partial charge is 0.175 e. The number of rotatable bonds is 9. The molecule has 0 spiro atoms. The lowest BCUT2D eigenvalue weighted by Crippen LogP contribution is -2.36. The number of hydrogen-bond acceptors (Lipinski definition) is 4. The Morgan fingerprint density at radius 3 is 2.52 bits per heavy atom. The van der Waals surface area contributed by atoms with Crippen LogP contribution in [0.5, 0.6) is 11.5 Å². The van der Waals surface area contributed by atoms with Crippen molar-refractivity contribution >= 4 is 15.9 Å². The van der Waals surface area contributed by atoms with E-state index in [-0.39, 0.29) is 5.60 Å². The fourth-order valence-corrected chi connectivity index (χ4v) is 2.40. The molecular weight excluding hydrogens is 334 g/mol. The van der Waals surface area contributed by atoms with Crippen molar-refractivity contribution in [2.24, 2.45) is 0 Å². The Morgan fingerprint density at radius 1 is 1.24 bits per heavy atom. The van der Waals surface area contributed by atoms with E-state index in [1.54, 1.807) is 14.2 Å². The van der Waals surface area contributed by atoms with Gasteiger partial charge in [-0.25, -0.2) is 0 Å². The summed E-state index contributed by atoms with van der Waals surface area (Å²) >= 11 is 3.56. The van der Waals surface area contributed by atoms with Crippen LogP contribution in [0.25, 0.3) is 0 Å². The third-order valence-electron chi connectivity index (χ3n) is 3.17. The summed E-state index contributed by atoms with van der Waals surface area (Å²) in [5, 5.41) is 3.39. The molecule has 0 radical (unpaired) electrons. The second-order valence-corrected chi connectivity index (χ2v) is 6.38. The molecule has 5 heteroatoms. The summed E-state index contributed by atoms with van der Waals surface area (Å²) in [4.78, 5) is 0. The van der Waals surface area contributed by atoms with Crippen LogP contribution >= 0.6 is 15.9 Å². The normalized spacial score (nSPS) is 11.5. The van der Waals surface area contributed by atoms with E-state index >= 15 is 0 Å². The molecule has 1 aromatic carbocycles. The highest BCUT2D eigenvalue weighted by Gasteiger charge is 2.16. The predicted octanol–water partition coefficient (Wildman–Crippen LogP) is 3.76. The van der Waals surface area contributed by atoms with Crippen molar-refractivity contribution < 1.29 is 14.2 Å². The first-order chi connectivity index (χ1) is 9.93. The van der Waals surface area contributed by atoms with Crippen molar-refractivity contribution in [3.05, 3.63) is 22.2 Å². The Hall–Kier alpha value is -0.780. The summed E-state index contributed by atoms with van der Waals surface area (Å²) in [6.07, 6.45) is 0.963. The van der Waals surface area contributed by atoms with Crippen LogP contribution in [0.4, 0.5) is 0 Å². The van der Waals surface area contributed by atoms with Gasteiger partial charge in [0.25, 0.3) is 0 Å². The highest BCUT2D eigenvalue weighted by molar-refractivity contribution is 9.10. The average molecular weight is 360 g/mol. The van der Waals surface area contributed by atoms with Crippen LogP contribution in [-0.2, 0) is 11.3 Å². The van der Waals surface area contributed by atoms with E-state index in [0.717, 1.165) is 41.0 Å². The standard InChI is InChI=1S/C16H26BrNO3/c1-6-7-21-15-13(17)8-12(9-14(15)19-4)10-18-11-16(2,3)20-5/h8-9,18H,6-7,10-11H2,1-5H3. The first-order valence-electron chi connectivity index (χ1n) is 7.18. The molecular formula is C16H26BrNO3. The summed E-state index contributed by atoms with van der Waals surface area (Å²) in [7, 11) is 3.38. The molecule has 1 aromatic rings. The summed E-state index contributed by atoms with van der Waals surface area (Å²) in [6.45, 7) is 8.38. The molecule has 0 aliphatic carbocycles. The van der Waals surface area contributed by atoms with Crippen LogP contribution in [0.2, 0.25) is 0 Å². The second kappa shape index (κ2) is 8.61. The molecule has 0 bridgehead atoms. The predicted molar refractivity (Wildman–Crippen MR) is 89.3 cm³/mol. The molecule has 1 N–H and O–H groups in total. The molecule has 120 valence electrons. The number of hydrogen-bond donors (Lipinski definition) is 1. The third kappa shape index (κ3) is 5.85. The lowest BCUT2D eigenvalue weighted by atomic mass is 10.1. The molecule has 0 aliphatic heterocycles. The quantitative estimate of drug-likeness (QED) is 0.728. The lowest BCUT2D eigenvalue weighted by Gasteiger charge is -2.23. The van der Waals surface area contributed by atoms with Gasteiger partial charge < -0.3 is 19.5 Å². The molecule has 0 heterocycles. The Bertz CT molecular complexity index is 449. The van der Waals surface area contributed by atoms with Crippen molar-refractivity contribution in [1.29, 1.82) is 0 Å². The van der Waals surface area contributed by atoms with Crippen LogP contribution in [0.15, 0.2) is 16.6 Å². The largest absolute Gasteiger partial charge is 0.493 e. The van der Waals surface area contributed by atoms with E-state index in [9.17, 15) is 0 Å². The van der Waals surface area contributed by atoms with Gasteiger partial charge in [0.05, 0.1) is 23.8 Å². The molecule has 0 fully saturated rings. The van der Waals surface area contributed by atoms with Gasteiger partial charge in [0.1, 0.15) is 0 Å². The fourth-order valence-electron chi connectivity index (χ4n) is 1.80. The molecule has 0 saturated carbocycles. The van der Waals surface area contributed by atoms with E-state index in [4.69, 9.17) is 14.2 Å². The van der Waals surface area contributed by atoms with E-state index in [2.05, 4.69) is 48.1 Å². The van der Waals surface area contributed by atoms with Gasteiger partial charge in [0.2, 0.25) is 0 Å². The molecule has 21 heavy (non-hydrogen) atoms. The minimum Gasteiger partial charge on any atom is -0.493 e. The Labute approximate surface area is 136 Å².